The maximum atomic E-state index is 12.5. The van der Waals surface area contributed by atoms with Crippen molar-refractivity contribution in [3.8, 4) is 0 Å². The number of hydrogen-bond acceptors (Lipinski definition) is 8. The minimum absolute atomic E-state index is 0.176. The summed E-state index contributed by atoms with van der Waals surface area (Å²) in [7, 11) is 0. The third kappa shape index (κ3) is 5.38. The number of anilines is 1. The highest BCUT2D eigenvalue weighted by molar-refractivity contribution is 6.04. The van der Waals surface area contributed by atoms with E-state index in [2.05, 4.69) is 5.32 Å². The Balaban J connectivity index is 1.61. The number of aliphatic hydroxyl groups is 3. The fraction of sp³-hybridized carbons (Fsp3) is 0.348. The molecule has 0 aliphatic carbocycles. The van der Waals surface area contributed by atoms with Crippen LogP contribution < -0.4 is 5.32 Å². The molecule has 1 aliphatic heterocycles. The highest BCUT2D eigenvalue weighted by Crippen LogP contribution is 2.24. The van der Waals surface area contributed by atoms with Gasteiger partial charge in [-0.05, 0) is 42.8 Å². The Labute approximate surface area is 184 Å². The van der Waals surface area contributed by atoms with Gasteiger partial charge in [0.05, 0.1) is 11.7 Å². The second-order valence-corrected chi connectivity index (χ2v) is 7.54. The van der Waals surface area contributed by atoms with Gasteiger partial charge < -0.3 is 34.9 Å². The maximum absolute atomic E-state index is 12.5. The second kappa shape index (κ2) is 10.5. The van der Waals surface area contributed by atoms with Crippen LogP contribution in [0.2, 0.25) is 0 Å². The summed E-state index contributed by atoms with van der Waals surface area (Å²) in [4.78, 5) is 35.5. The first-order chi connectivity index (χ1) is 15.3. The molecule has 1 heterocycles. The van der Waals surface area contributed by atoms with Crippen LogP contribution in [-0.2, 0) is 14.3 Å². The molecule has 1 amide bonds. The van der Waals surface area contributed by atoms with Gasteiger partial charge in [-0.1, -0.05) is 18.2 Å². The van der Waals surface area contributed by atoms with E-state index < -0.39 is 36.5 Å². The summed E-state index contributed by atoms with van der Waals surface area (Å²) in [5.74, 6) is -0.971. The van der Waals surface area contributed by atoms with Gasteiger partial charge in [-0.15, -0.1) is 0 Å². The summed E-state index contributed by atoms with van der Waals surface area (Å²) < 4.78 is 10.7. The van der Waals surface area contributed by atoms with Gasteiger partial charge in [0.25, 0.3) is 5.91 Å². The van der Waals surface area contributed by atoms with Crippen LogP contribution >= 0.6 is 0 Å². The van der Waals surface area contributed by atoms with E-state index >= 15 is 0 Å². The molecule has 32 heavy (non-hydrogen) atoms. The first-order valence-electron chi connectivity index (χ1n) is 10.1. The third-order valence-corrected chi connectivity index (χ3v) is 5.26. The third-order valence-electron chi connectivity index (χ3n) is 5.26. The average molecular weight is 443 g/mol. The largest absolute Gasteiger partial charge is 0.459 e. The Morgan fingerprint density at radius 1 is 1.03 bits per heavy atom. The van der Waals surface area contributed by atoms with Crippen LogP contribution in [0.15, 0.2) is 48.5 Å². The van der Waals surface area contributed by atoms with E-state index in [1.165, 1.54) is 6.07 Å². The zero-order valence-corrected chi connectivity index (χ0v) is 17.4. The van der Waals surface area contributed by atoms with E-state index in [1.54, 1.807) is 43.3 Å². The number of amides is 1. The highest BCUT2D eigenvalue weighted by Gasteiger charge is 2.43. The van der Waals surface area contributed by atoms with Crippen LogP contribution in [0.1, 0.15) is 32.7 Å². The molecule has 9 heteroatoms. The summed E-state index contributed by atoms with van der Waals surface area (Å²) in [5.41, 5.74) is 1.81. The van der Waals surface area contributed by atoms with E-state index in [0.717, 1.165) is 0 Å². The summed E-state index contributed by atoms with van der Waals surface area (Å²) in [5, 5.41) is 32.7. The molecular weight excluding hydrogens is 418 g/mol. The number of aldehydes is 1. The van der Waals surface area contributed by atoms with Gasteiger partial charge in [-0.3, -0.25) is 4.79 Å². The summed E-state index contributed by atoms with van der Waals surface area (Å²) in [6.07, 6.45) is -6.21. The van der Waals surface area contributed by atoms with Gasteiger partial charge in [0.2, 0.25) is 0 Å². The van der Waals surface area contributed by atoms with Crippen molar-refractivity contribution in [2.45, 2.75) is 43.9 Å². The van der Waals surface area contributed by atoms with E-state index in [1.807, 2.05) is 6.07 Å². The average Bonchev–Trinajstić information content (AvgIpc) is 2.79. The molecule has 1 saturated heterocycles. The normalized spacial score (nSPS) is 25.1. The topological polar surface area (TPSA) is 142 Å². The zero-order chi connectivity index (χ0) is 23.3. The fourth-order valence-electron chi connectivity index (χ4n) is 3.45. The maximum Gasteiger partial charge on any atom is 0.338 e. The van der Waals surface area contributed by atoms with E-state index in [-0.39, 0.29) is 24.5 Å². The van der Waals surface area contributed by atoms with E-state index in [9.17, 15) is 29.7 Å². The molecule has 0 aromatic heterocycles. The molecule has 2 unspecified atom stereocenters. The number of nitrogens with one attached hydrogen (secondary N) is 1. The minimum atomic E-state index is -1.54. The van der Waals surface area contributed by atoms with Crippen LogP contribution in [0, 0.1) is 6.92 Å². The van der Waals surface area contributed by atoms with Crippen LogP contribution in [0.3, 0.4) is 0 Å². The molecule has 0 spiro atoms. The molecular formula is C23H25NO8. The number of hydrogen-bond donors (Lipinski definition) is 4. The van der Waals surface area contributed by atoms with Crippen LogP contribution in [0.25, 0.3) is 0 Å². The lowest BCUT2D eigenvalue weighted by Crippen LogP contribution is -2.58. The van der Waals surface area contributed by atoms with Gasteiger partial charge in [-0.25, -0.2) is 4.79 Å². The van der Waals surface area contributed by atoms with Crippen molar-refractivity contribution in [1.82, 2.24) is 0 Å². The molecule has 2 aromatic rings. The molecule has 2 aromatic carbocycles. The number of aryl methyl sites for hydroxylation is 1. The molecule has 0 radical (unpaired) electrons. The molecule has 5 atom stereocenters. The number of rotatable bonds is 7. The SMILES string of the molecule is Cc1cc(NC(=O)c2ccccc2)ccc1C(=O)OCC1OC(CC=O)[C@H](O)[C@@H](O)[C@@H]1O. The minimum Gasteiger partial charge on any atom is -0.459 e. The molecule has 3 rings (SSSR count). The van der Waals surface area contributed by atoms with Gasteiger partial charge in [0.1, 0.15) is 37.3 Å². The van der Waals surface area contributed by atoms with Gasteiger partial charge in [-0.2, -0.15) is 0 Å². The van der Waals surface area contributed by atoms with E-state index in [4.69, 9.17) is 9.47 Å². The molecule has 9 nitrogen and oxygen atoms in total. The lowest BCUT2D eigenvalue weighted by Gasteiger charge is -2.39. The second-order valence-electron chi connectivity index (χ2n) is 7.54. The van der Waals surface area contributed by atoms with Crippen molar-refractivity contribution >= 4 is 23.9 Å². The van der Waals surface area contributed by atoms with E-state index in [0.29, 0.717) is 23.1 Å². The molecule has 4 N–H and O–H groups in total. The van der Waals surface area contributed by atoms with Crippen molar-refractivity contribution in [3.05, 3.63) is 65.2 Å². The number of esters is 1. The first-order valence-corrected chi connectivity index (χ1v) is 10.1. The Morgan fingerprint density at radius 3 is 2.38 bits per heavy atom. The van der Waals surface area contributed by atoms with Crippen molar-refractivity contribution in [2.24, 2.45) is 0 Å². The highest BCUT2D eigenvalue weighted by atomic mass is 16.6. The zero-order valence-electron chi connectivity index (χ0n) is 17.4. The fourth-order valence-corrected chi connectivity index (χ4v) is 3.45. The molecule has 1 aliphatic rings. The molecule has 1 fully saturated rings. The van der Waals surface area contributed by atoms with Crippen molar-refractivity contribution < 1.29 is 39.2 Å². The predicted molar refractivity (Wildman–Crippen MR) is 113 cm³/mol. The summed E-state index contributed by atoms with van der Waals surface area (Å²) in [6.45, 7) is 1.30. The number of benzene rings is 2. The Hall–Kier alpha value is -3.11. The van der Waals surface area contributed by atoms with Crippen LogP contribution in [-0.4, -0.2) is 70.6 Å². The van der Waals surface area contributed by atoms with Crippen molar-refractivity contribution in [3.63, 3.8) is 0 Å². The number of aliphatic hydroxyl groups excluding tert-OH is 3. The van der Waals surface area contributed by atoms with Gasteiger partial charge in [0, 0.05) is 17.7 Å². The lowest BCUT2D eigenvalue weighted by molar-refractivity contribution is -0.228. The Bertz CT molecular complexity index is 964. The standard InChI is InChI=1S/C23H25NO8/c1-13-11-15(24-22(29)14-5-3-2-4-6-14)7-8-16(13)23(30)31-12-18-20(27)21(28)19(26)17(32-18)9-10-25/h2-8,10-11,17-21,26-28H,9,12H2,1H3,(H,24,29)/t17?,18?,19-,20+,21+/m0/s1. The van der Waals surface area contributed by atoms with Gasteiger partial charge >= 0.3 is 5.97 Å². The monoisotopic (exact) mass is 443 g/mol. The van der Waals surface area contributed by atoms with Crippen LogP contribution in [0.5, 0.6) is 0 Å². The Morgan fingerprint density at radius 2 is 1.72 bits per heavy atom. The molecule has 170 valence electrons. The Kier molecular flexibility index (Phi) is 7.70. The van der Waals surface area contributed by atoms with Crippen molar-refractivity contribution in [1.29, 1.82) is 0 Å². The molecule has 0 bridgehead atoms. The lowest BCUT2D eigenvalue weighted by atomic mass is 9.94. The number of carbonyl (C=O) groups is 3. The number of carbonyl (C=O) groups excluding carboxylic acids is 3. The van der Waals surface area contributed by atoms with Crippen molar-refractivity contribution in [2.75, 3.05) is 11.9 Å². The quantitative estimate of drug-likeness (QED) is 0.364. The molecule has 0 saturated carbocycles. The van der Waals surface area contributed by atoms with Crippen LogP contribution in [0.4, 0.5) is 5.69 Å². The summed E-state index contributed by atoms with van der Waals surface area (Å²) >= 11 is 0. The number of ether oxygens (including phenoxy) is 2. The van der Waals surface area contributed by atoms with Gasteiger partial charge in [0.15, 0.2) is 0 Å². The first kappa shape index (κ1) is 23.6. The predicted octanol–water partition coefficient (Wildman–Crippen LogP) is 0.843. The smallest absolute Gasteiger partial charge is 0.338 e. The summed E-state index contributed by atoms with van der Waals surface area (Å²) in [6, 6.07) is 13.4.